The van der Waals surface area contributed by atoms with Crippen molar-refractivity contribution in [1.82, 2.24) is 0 Å². The van der Waals surface area contributed by atoms with Gasteiger partial charge in [0.25, 0.3) is 0 Å². The van der Waals surface area contributed by atoms with Crippen molar-refractivity contribution >= 4 is 18.4 Å². The number of halogens is 1. The summed E-state index contributed by atoms with van der Waals surface area (Å²) >= 11 is 0. The van der Waals surface area contributed by atoms with Gasteiger partial charge in [0.15, 0.2) is 6.10 Å². The summed E-state index contributed by atoms with van der Waals surface area (Å²) in [5.41, 5.74) is 6.55. The molecule has 0 saturated heterocycles. The molecule has 0 aliphatic heterocycles. The Hall–Kier alpha value is -1.26. The van der Waals surface area contributed by atoms with E-state index in [9.17, 15) is 4.79 Å². The first-order valence-electron chi connectivity index (χ1n) is 5.35. The van der Waals surface area contributed by atoms with Gasteiger partial charge in [-0.1, -0.05) is 19.1 Å². The van der Waals surface area contributed by atoms with E-state index in [4.69, 9.17) is 15.6 Å². The molecule has 0 fully saturated rings. The van der Waals surface area contributed by atoms with E-state index < -0.39 is 12.1 Å². The third-order valence-corrected chi connectivity index (χ3v) is 2.28. The molecule has 3 N–H and O–H groups in total. The number of carbonyl (C=O) groups is 1. The van der Waals surface area contributed by atoms with Crippen LogP contribution in [0.2, 0.25) is 0 Å². The van der Waals surface area contributed by atoms with Gasteiger partial charge in [-0.2, -0.15) is 0 Å². The fourth-order valence-electron chi connectivity index (χ4n) is 1.37. The topological polar surface area (TPSA) is 72.5 Å². The maximum absolute atomic E-state index is 10.8. The fraction of sp³-hybridized carbons (Fsp3) is 0.417. The summed E-state index contributed by atoms with van der Waals surface area (Å²) in [4.78, 5) is 10.8. The second-order valence-electron chi connectivity index (χ2n) is 3.54. The lowest BCUT2D eigenvalue weighted by atomic mass is 10.1. The van der Waals surface area contributed by atoms with Gasteiger partial charge in [0.1, 0.15) is 5.75 Å². The third-order valence-electron chi connectivity index (χ3n) is 2.28. The molecule has 1 aromatic carbocycles. The number of hydrogen-bond acceptors (Lipinski definition) is 3. The Labute approximate surface area is 107 Å². The molecule has 4 nitrogen and oxygen atoms in total. The summed E-state index contributed by atoms with van der Waals surface area (Å²) in [5, 5.41) is 8.83. The zero-order chi connectivity index (χ0) is 12.0. The van der Waals surface area contributed by atoms with Crippen molar-refractivity contribution < 1.29 is 14.6 Å². The monoisotopic (exact) mass is 259 g/mol. The first-order chi connectivity index (χ1) is 7.67. The van der Waals surface area contributed by atoms with Gasteiger partial charge in [-0.3, -0.25) is 0 Å². The van der Waals surface area contributed by atoms with Crippen LogP contribution in [0.25, 0.3) is 0 Å². The van der Waals surface area contributed by atoms with Gasteiger partial charge in [0.05, 0.1) is 0 Å². The number of aliphatic carboxylic acids is 1. The predicted molar refractivity (Wildman–Crippen MR) is 68.8 cm³/mol. The predicted octanol–water partition coefficient (Wildman–Crippen LogP) is 1.85. The molecule has 0 aromatic heterocycles. The quantitative estimate of drug-likeness (QED) is 0.818. The molecule has 17 heavy (non-hydrogen) atoms. The fourth-order valence-corrected chi connectivity index (χ4v) is 1.37. The summed E-state index contributed by atoms with van der Waals surface area (Å²) in [6.07, 6.45) is 0.483. The molecule has 1 aromatic rings. The number of carboxylic acid groups (broad SMARTS) is 1. The molecule has 0 aliphatic rings. The van der Waals surface area contributed by atoms with Gasteiger partial charge in [0.2, 0.25) is 0 Å². The van der Waals surface area contributed by atoms with E-state index in [0.717, 1.165) is 12.0 Å². The van der Waals surface area contributed by atoms with Crippen molar-refractivity contribution in [3.63, 3.8) is 0 Å². The van der Waals surface area contributed by atoms with E-state index in [1.54, 1.807) is 19.1 Å². The Morgan fingerprint density at radius 1 is 1.41 bits per heavy atom. The highest BCUT2D eigenvalue weighted by Crippen LogP contribution is 2.15. The highest BCUT2D eigenvalue weighted by atomic mass is 35.5. The summed E-state index contributed by atoms with van der Waals surface area (Å²) < 4.78 is 5.33. The number of rotatable bonds is 6. The first kappa shape index (κ1) is 15.7. The molecule has 0 radical (unpaired) electrons. The van der Waals surface area contributed by atoms with Crippen LogP contribution < -0.4 is 10.5 Å². The van der Waals surface area contributed by atoms with Crippen LogP contribution >= 0.6 is 12.4 Å². The van der Waals surface area contributed by atoms with Crippen LogP contribution in [0.5, 0.6) is 5.75 Å². The number of hydrogen-bond donors (Lipinski definition) is 2. The maximum atomic E-state index is 10.8. The Kier molecular flexibility index (Phi) is 7.34. The zero-order valence-electron chi connectivity index (χ0n) is 9.76. The normalized spacial score (nSPS) is 11.4. The van der Waals surface area contributed by atoms with E-state index in [-0.39, 0.29) is 12.4 Å². The van der Waals surface area contributed by atoms with Crippen LogP contribution in [0.15, 0.2) is 24.3 Å². The highest BCUT2D eigenvalue weighted by molar-refractivity contribution is 5.85. The Morgan fingerprint density at radius 2 is 2.00 bits per heavy atom. The SMILES string of the molecule is CCC(Oc1ccc(CCN)cc1)C(=O)O.Cl. The largest absolute Gasteiger partial charge is 0.479 e. The molecule has 0 amide bonds. The van der Waals surface area contributed by atoms with E-state index in [1.807, 2.05) is 12.1 Å². The van der Waals surface area contributed by atoms with Crippen molar-refractivity contribution in [3.8, 4) is 5.75 Å². The number of ether oxygens (including phenoxy) is 1. The second-order valence-corrected chi connectivity index (χ2v) is 3.54. The summed E-state index contributed by atoms with van der Waals surface area (Å²) in [6, 6.07) is 7.35. The van der Waals surface area contributed by atoms with E-state index in [1.165, 1.54) is 0 Å². The molecular formula is C12H18ClNO3. The van der Waals surface area contributed by atoms with Crippen LogP contribution in [0.3, 0.4) is 0 Å². The van der Waals surface area contributed by atoms with Crippen LogP contribution in [-0.2, 0) is 11.2 Å². The van der Waals surface area contributed by atoms with E-state index in [2.05, 4.69) is 0 Å². The van der Waals surface area contributed by atoms with Gasteiger partial charge in [-0.15, -0.1) is 12.4 Å². The average molecular weight is 260 g/mol. The maximum Gasteiger partial charge on any atom is 0.344 e. The second kappa shape index (κ2) is 7.92. The molecule has 1 atom stereocenters. The van der Waals surface area contributed by atoms with Gasteiger partial charge >= 0.3 is 5.97 Å². The molecule has 1 unspecified atom stereocenters. The van der Waals surface area contributed by atoms with Gasteiger partial charge in [-0.25, -0.2) is 4.79 Å². The number of benzene rings is 1. The van der Waals surface area contributed by atoms with Crippen LogP contribution in [-0.4, -0.2) is 23.7 Å². The lowest BCUT2D eigenvalue weighted by molar-refractivity contribution is -0.145. The minimum atomic E-state index is -0.937. The lowest BCUT2D eigenvalue weighted by Crippen LogP contribution is -2.25. The van der Waals surface area contributed by atoms with Crippen LogP contribution in [0.1, 0.15) is 18.9 Å². The average Bonchev–Trinajstić information content (AvgIpc) is 2.28. The lowest BCUT2D eigenvalue weighted by Gasteiger charge is -2.13. The minimum Gasteiger partial charge on any atom is -0.479 e. The van der Waals surface area contributed by atoms with Gasteiger partial charge in [0, 0.05) is 0 Å². The van der Waals surface area contributed by atoms with Crippen molar-refractivity contribution in [3.05, 3.63) is 29.8 Å². The van der Waals surface area contributed by atoms with Crippen LogP contribution in [0, 0.1) is 0 Å². The van der Waals surface area contributed by atoms with Gasteiger partial charge < -0.3 is 15.6 Å². The van der Waals surface area contributed by atoms with E-state index >= 15 is 0 Å². The standard InChI is InChI=1S/C12H17NO3.ClH/c1-2-11(12(14)15)16-10-5-3-9(4-6-10)7-8-13;/h3-6,11H,2,7-8,13H2,1H3,(H,14,15);1H. The molecule has 5 heteroatoms. The highest BCUT2D eigenvalue weighted by Gasteiger charge is 2.16. The molecular weight excluding hydrogens is 242 g/mol. The summed E-state index contributed by atoms with van der Waals surface area (Å²) in [5.74, 6) is -0.358. The minimum absolute atomic E-state index is 0. The molecule has 0 aliphatic carbocycles. The molecule has 0 heterocycles. The molecule has 0 bridgehead atoms. The van der Waals surface area contributed by atoms with Crippen LogP contribution in [0.4, 0.5) is 0 Å². The summed E-state index contributed by atoms with van der Waals surface area (Å²) in [6.45, 7) is 2.38. The van der Waals surface area contributed by atoms with Gasteiger partial charge in [-0.05, 0) is 37.1 Å². The zero-order valence-corrected chi connectivity index (χ0v) is 10.6. The Balaban J connectivity index is 0.00000256. The molecule has 96 valence electrons. The molecule has 0 saturated carbocycles. The summed E-state index contributed by atoms with van der Waals surface area (Å²) in [7, 11) is 0. The van der Waals surface area contributed by atoms with Crippen molar-refractivity contribution in [2.24, 2.45) is 5.73 Å². The molecule has 0 spiro atoms. The van der Waals surface area contributed by atoms with Crippen molar-refractivity contribution in [2.75, 3.05) is 6.54 Å². The van der Waals surface area contributed by atoms with Crippen molar-refractivity contribution in [1.29, 1.82) is 0 Å². The number of carboxylic acids is 1. The third kappa shape index (κ3) is 5.06. The Morgan fingerprint density at radius 3 is 2.41 bits per heavy atom. The smallest absolute Gasteiger partial charge is 0.344 e. The van der Waals surface area contributed by atoms with Crippen molar-refractivity contribution in [2.45, 2.75) is 25.9 Å². The number of nitrogens with two attached hydrogens (primary N) is 1. The first-order valence-corrected chi connectivity index (χ1v) is 5.35. The molecule has 1 rings (SSSR count). The van der Waals surface area contributed by atoms with E-state index in [0.29, 0.717) is 18.7 Å². The Bertz CT molecular complexity index is 340.